The molecule has 0 saturated heterocycles. The molecule has 0 fully saturated rings. The summed E-state index contributed by atoms with van der Waals surface area (Å²) in [6.07, 6.45) is -0.485. The molecule has 7 nitrogen and oxygen atoms in total. The van der Waals surface area contributed by atoms with Crippen molar-refractivity contribution in [2.45, 2.75) is 12.5 Å². The van der Waals surface area contributed by atoms with Crippen molar-refractivity contribution in [3.8, 4) is 0 Å². The predicted octanol–water partition coefficient (Wildman–Crippen LogP) is 0.491. The Morgan fingerprint density at radius 2 is 2.00 bits per heavy atom. The van der Waals surface area contributed by atoms with Crippen LogP contribution >= 0.6 is 0 Å². The van der Waals surface area contributed by atoms with Crippen LogP contribution in [0.25, 0.3) is 11.0 Å². The molecule has 0 spiro atoms. The third-order valence-electron chi connectivity index (χ3n) is 2.66. The number of carboxylic acid groups (broad SMARTS) is 1. The molecule has 20 heavy (non-hydrogen) atoms. The maximum absolute atomic E-state index is 11.9. The zero-order valence-electron chi connectivity index (χ0n) is 10.3. The van der Waals surface area contributed by atoms with E-state index in [4.69, 9.17) is 15.3 Å². The highest BCUT2D eigenvalue weighted by Crippen LogP contribution is 2.18. The maximum Gasteiger partial charge on any atom is 0.326 e. The number of fused-ring (bicyclic) bond motifs is 1. The van der Waals surface area contributed by atoms with Crippen molar-refractivity contribution in [3.63, 3.8) is 0 Å². The normalized spacial score (nSPS) is 12.0. The van der Waals surface area contributed by atoms with Gasteiger partial charge in [0.2, 0.25) is 5.91 Å². The summed E-state index contributed by atoms with van der Waals surface area (Å²) in [5, 5.41) is 11.8. The van der Waals surface area contributed by atoms with E-state index in [2.05, 4.69) is 5.32 Å². The Hall–Kier alpha value is -2.83. The Morgan fingerprint density at radius 3 is 2.60 bits per heavy atom. The van der Waals surface area contributed by atoms with Crippen LogP contribution in [0.4, 0.5) is 0 Å². The second-order valence-corrected chi connectivity index (χ2v) is 4.18. The number of rotatable bonds is 5. The number of para-hydroxylation sites is 1. The molecule has 0 aliphatic carbocycles. The predicted molar refractivity (Wildman–Crippen MR) is 68.9 cm³/mol. The lowest BCUT2D eigenvalue weighted by Gasteiger charge is -2.11. The van der Waals surface area contributed by atoms with Crippen molar-refractivity contribution in [1.29, 1.82) is 0 Å². The van der Waals surface area contributed by atoms with Gasteiger partial charge >= 0.3 is 5.97 Å². The first-order valence-electron chi connectivity index (χ1n) is 5.78. The lowest BCUT2D eigenvalue weighted by molar-refractivity contribution is -0.140. The Labute approximate surface area is 113 Å². The van der Waals surface area contributed by atoms with Crippen molar-refractivity contribution in [3.05, 3.63) is 36.1 Å². The van der Waals surface area contributed by atoms with Crippen LogP contribution in [-0.2, 0) is 9.59 Å². The van der Waals surface area contributed by atoms with Gasteiger partial charge in [0.05, 0.1) is 6.42 Å². The van der Waals surface area contributed by atoms with Crippen LogP contribution < -0.4 is 11.1 Å². The van der Waals surface area contributed by atoms with Gasteiger partial charge in [-0.3, -0.25) is 9.59 Å². The zero-order valence-corrected chi connectivity index (χ0v) is 10.3. The number of nitrogens with one attached hydrogen (secondary N) is 1. The number of nitrogens with two attached hydrogens (primary N) is 1. The number of hydrogen-bond acceptors (Lipinski definition) is 4. The Balaban J connectivity index is 2.17. The molecular weight excluding hydrogens is 264 g/mol. The second-order valence-electron chi connectivity index (χ2n) is 4.18. The molecule has 4 N–H and O–H groups in total. The highest BCUT2D eigenvalue weighted by Gasteiger charge is 2.24. The van der Waals surface area contributed by atoms with Crippen molar-refractivity contribution in [2.24, 2.45) is 5.73 Å². The van der Waals surface area contributed by atoms with Crippen LogP contribution in [0.2, 0.25) is 0 Å². The van der Waals surface area contributed by atoms with Crippen LogP contribution in [0.1, 0.15) is 17.0 Å². The molecule has 0 bridgehead atoms. The summed E-state index contributed by atoms with van der Waals surface area (Å²) in [7, 11) is 0. The number of hydrogen-bond donors (Lipinski definition) is 3. The molecule has 0 aliphatic rings. The van der Waals surface area contributed by atoms with E-state index in [1.54, 1.807) is 24.3 Å². The SMILES string of the molecule is NC(=O)C[C@@H](NC(=O)c1cc2ccccc2o1)C(=O)O. The average Bonchev–Trinajstić information content (AvgIpc) is 2.81. The second kappa shape index (κ2) is 5.43. The van der Waals surface area contributed by atoms with Gasteiger partial charge in [0.1, 0.15) is 11.6 Å². The van der Waals surface area contributed by atoms with Crippen molar-refractivity contribution < 1.29 is 23.9 Å². The largest absolute Gasteiger partial charge is 0.480 e. The molecule has 0 saturated carbocycles. The van der Waals surface area contributed by atoms with Gasteiger partial charge in [-0.05, 0) is 12.1 Å². The third kappa shape index (κ3) is 2.94. The van der Waals surface area contributed by atoms with Crippen molar-refractivity contribution in [2.75, 3.05) is 0 Å². The number of benzene rings is 1. The number of amides is 2. The van der Waals surface area contributed by atoms with E-state index in [-0.39, 0.29) is 5.76 Å². The third-order valence-corrected chi connectivity index (χ3v) is 2.66. The number of carbonyl (C=O) groups is 3. The fourth-order valence-corrected chi connectivity index (χ4v) is 1.72. The molecular formula is C13H12N2O5. The first-order valence-corrected chi connectivity index (χ1v) is 5.78. The molecule has 7 heteroatoms. The quantitative estimate of drug-likeness (QED) is 0.733. The highest BCUT2D eigenvalue weighted by molar-refractivity contribution is 5.98. The minimum atomic E-state index is -1.38. The number of carboxylic acids is 1. The van der Waals surface area contributed by atoms with E-state index in [0.717, 1.165) is 5.39 Å². The lowest BCUT2D eigenvalue weighted by Crippen LogP contribution is -2.43. The fraction of sp³-hybridized carbons (Fsp3) is 0.154. The summed E-state index contributed by atoms with van der Waals surface area (Å²) in [6, 6.07) is 7.09. The molecule has 1 heterocycles. The van der Waals surface area contributed by atoms with E-state index in [1.807, 2.05) is 0 Å². The number of furan rings is 1. The standard InChI is InChI=1S/C13H12N2O5/c14-11(16)6-8(13(18)19)15-12(17)10-5-7-3-1-2-4-9(7)20-10/h1-5,8H,6H2,(H2,14,16)(H,15,17)(H,18,19)/t8-/m1/s1. The van der Waals surface area contributed by atoms with Crippen LogP contribution in [0, 0.1) is 0 Å². The van der Waals surface area contributed by atoms with E-state index in [9.17, 15) is 14.4 Å². The lowest BCUT2D eigenvalue weighted by atomic mass is 10.2. The summed E-state index contributed by atoms with van der Waals surface area (Å²) in [5.41, 5.74) is 5.44. The molecule has 0 unspecified atom stereocenters. The molecule has 1 aromatic heterocycles. The minimum absolute atomic E-state index is 0.0260. The molecule has 0 radical (unpaired) electrons. The average molecular weight is 276 g/mol. The topological polar surface area (TPSA) is 123 Å². The first kappa shape index (κ1) is 13.6. The zero-order chi connectivity index (χ0) is 14.7. The smallest absolute Gasteiger partial charge is 0.326 e. The highest BCUT2D eigenvalue weighted by atomic mass is 16.4. The summed E-state index contributed by atoms with van der Waals surface area (Å²) in [5.74, 6) is -2.90. The van der Waals surface area contributed by atoms with E-state index in [0.29, 0.717) is 5.58 Å². The molecule has 1 atom stereocenters. The molecule has 1 aromatic carbocycles. The van der Waals surface area contributed by atoms with Gasteiger partial charge in [0.15, 0.2) is 5.76 Å². The van der Waals surface area contributed by atoms with Crippen molar-refractivity contribution >= 4 is 28.8 Å². The van der Waals surface area contributed by atoms with Crippen molar-refractivity contribution in [1.82, 2.24) is 5.32 Å². The number of carbonyl (C=O) groups excluding carboxylic acids is 2. The van der Waals surface area contributed by atoms with E-state index >= 15 is 0 Å². The molecule has 0 aliphatic heterocycles. The Kier molecular flexibility index (Phi) is 3.69. The van der Waals surface area contributed by atoms with Crippen LogP contribution in [0.5, 0.6) is 0 Å². The minimum Gasteiger partial charge on any atom is -0.480 e. The Morgan fingerprint density at radius 1 is 1.30 bits per heavy atom. The van der Waals surface area contributed by atoms with Crippen LogP contribution in [-0.4, -0.2) is 28.9 Å². The van der Waals surface area contributed by atoms with Gasteiger partial charge < -0.3 is 20.6 Å². The van der Waals surface area contributed by atoms with Gasteiger partial charge in [-0.2, -0.15) is 0 Å². The molecule has 104 valence electrons. The molecule has 2 aromatic rings. The van der Waals surface area contributed by atoms with Crippen LogP contribution in [0.3, 0.4) is 0 Å². The monoisotopic (exact) mass is 276 g/mol. The van der Waals surface area contributed by atoms with Gasteiger partial charge in [-0.15, -0.1) is 0 Å². The van der Waals surface area contributed by atoms with Gasteiger partial charge in [-0.1, -0.05) is 18.2 Å². The summed E-state index contributed by atoms with van der Waals surface area (Å²) >= 11 is 0. The molecule has 2 amide bonds. The Bertz CT molecular complexity index is 643. The summed E-state index contributed by atoms with van der Waals surface area (Å²) in [6.45, 7) is 0. The van der Waals surface area contributed by atoms with Gasteiger partial charge in [0.25, 0.3) is 5.91 Å². The van der Waals surface area contributed by atoms with E-state index < -0.39 is 30.2 Å². The van der Waals surface area contributed by atoms with Gasteiger partial charge in [0, 0.05) is 5.39 Å². The van der Waals surface area contributed by atoms with Crippen LogP contribution in [0.15, 0.2) is 34.7 Å². The van der Waals surface area contributed by atoms with E-state index in [1.165, 1.54) is 6.07 Å². The first-order chi connectivity index (χ1) is 9.47. The summed E-state index contributed by atoms with van der Waals surface area (Å²) < 4.78 is 5.29. The van der Waals surface area contributed by atoms with Gasteiger partial charge in [-0.25, -0.2) is 4.79 Å². The summed E-state index contributed by atoms with van der Waals surface area (Å²) in [4.78, 5) is 33.6. The number of primary amides is 1. The fourth-order valence-electron chi connectivity index (χ4n) is 1.72. The maximum atomic E-state index is 11.9. The molecule has 2 rings (SSSR count). The number of aliphatic carboxylic acids is 1.